The average molecular weight is 462 g/mol. The Bertz CT molecular complexity index is 863. The lowest BCUT2D eigenvalue weighted by Gasteiger charge is -2.41. The minimum absolute atomic E-state index is 0.0647. The molecule has 1 aliphatic carbocycles. The molecule has 0 amide bonds. The predicted octanol–water partition coefficient (Wildman–Crippen LogP) is 7.30. The fourth-order valence-corrected chi connectivity index (χ4v) is 5.32. The smallest absolute Gasteiger partial charge is 0.223 e. The van der Waals surface area contributed by atoms with Gasteiger partial charge in [0.2, 0.25) is 5.28 Å². The zero-order valence-corrected chi connectivity index (χ0v) is 20.3. The zero-order valence-electron chi connectivity index (χ0n) is 17.0. The van der Waals surface area contributed by atoms with Crippen molar-refractivity contribution < 1.29 is 9.16 Å². The van der Waals surface area contributed by atoms with Gasteiger partial charge in [-0.25, -0.2) is 9.97 Å². The van der Waals surface area contributed by atoms with E-state index in [0.717, 1.165) is 25.7 Å². The third kappa shape index (κ3) is 4.76. The van der Waals surface area contributed by atoms with Crippen molar-refractivity contribution in [2.24, 2.45) is 0 Å². The fourth-order valence-electron chi connectivity index (χ4n) is 3.22. The van der Waals surface area contributed by atoms with Crippen LogP contribution in [-0.4, -0.2) is 30.5 Å². The summed E-state index contributed by atoms with van der Waals surface area (Å²) in [4.78, 5) is 8.30. The van der Waals surface area contributed by atoms with Crippen molar-refractivity contribution in [2.75, 3.05) is 0 Å². The first kappa shape index (κ1) is 22.1. The third-order valence-electron chi connectivity index (χ3n) is 5.88. The number of nitrogens with zero attached hydrogens (tertiary/aromatic N) is 2. The monoisotopic (exact) mass is 460 g/mol. The van der Waals surface area contributed by atoms with Gasteiger partial charge in [-0.3, -0.25) is 0 Å². The van der Waals surface area contributed by atoms with Gasteiger partial charge < -0.3 is 9.16 Å². The number of hydrogen-bond donors (Lipinski definition) is 0. The highest BCUT2D eigenvalue weighted by Gasteiger charge is 2.40. The molecule has 154 valence electrons. The molecule has 0 atom stereocenters. The van der Waals surface area contributed by atoms with Crippen LogP contribution in [0.25, 0.3) is 10.9 Å². The van der Waals surface area contributed by atoms with E-state index >= 15 is 0 Å². The topological polar surface area (TPSA) is 44.2 Å². The number of aromatic nitrogens is 2. The molecule has 1 aromatic heterocycles. The summed E-state index contributed by atoms with van der Waals surface area (Å²) in [5.74, 6) is 0.527. The molecular formula is C20H27Cl3N2O2Si. The lowest BCUT2D eigenvalue weighted by molar-refractivity contribution is 0.0733. The zero-order chi connectivity index (χ0) is 20.7. The summed E-state index contributed by atoms with van der Waals surface area (Å²) in [5, 5.41) is 1.96. The molecule has 0 spiro atoms. The lowest BCUT2D eigenvalue weighted by atomic mass is 9.95. The predicted molar refractivity (Wildman–Crippen MR) is 120 cm³/mol. The summed E-state index contributed by atoms with van der Waals surface area (Å²) in [5.41, 5.74) is 0.553. The number of ether oxygens (including phenoxy) is 1. The minimum atomic E-state index is -1.75. The van der Waals surface area contributed by atoms with Crippen LogP contribution in [0.3, 0.4) is 0 Å². The van der Waals surface area contributed by atoms with Crippen molar-refractivity contribution in [1.82, 2.24) is 9.97 Å². The average Bonchev–Trinajstić information content (AvgIpc) is 2.58. The van der Waals surface area contributed by atoms with Gasteiger partial charge in [-0.15, -0.1) is 0 Å². The van der Waals surface area contributed by atoms with Crippen LogP contribution < -0.4 is 4.74 Å². The van der Waals surface area contributed by atoms with Gasteiger partial charge in [0.1, 0.15) is 5.52 Å². The van der Waals surface area contributed by atoms with Gasteiger partial charge in [-0.1, -0.05) is 44.0 Å². The van der Waals surface area contributed by atoms with Gasteiger partial charge in [0.25, 0.3) is 0 Å². The van der Waals surface area contributed by atoms with Crippen LogP contribution in [-0.2, 0) is 4.43 Å². The molecule has 4 nitrogen and oxygen atoms in total. The van der Waals surface area contributed by atoms with E-state index in [1.807, 2.05) is 0 Å². The SMILES string of the molecule is CC(C)(C)[Si](C)(C)O[C@H]1CC[C@@H](Oc2c(Cl)cc(Cl)c3cnc(Cl)nc23)CC1. The number of halogens is 3. The fraction of sp³-hybridized carbons (Fsp3) is 0.600. The molecule has 3 rings (SSSR count). The van der Waals surface area contributed by atoms with Gasteiger partial charge >= 0.3 is 0 Å². The van der Waals surface area contributed by atoms with Gasteiger partial charge in [0.15, 0.2) is 14.1 Å². The summed E-state index contributed by atoms with van der Waals surface area (Å²) in [6.07, 6.45) is 5.76. The maximum atomic E-state index is 6.57. The molecule has 1 fully saturated rings. The van der Waals surface area contributed by atoms with Crippen molar-refractivity contribution >= 4 is 54.0 Å². The summed E-state index contributed by atoms with van der Waals surface area (Å²) in [6, 6.07) is 1.67. The number of benzene rings is 1. The third-order valence-corrected chi connectivity index (χ3v) is 11.2. The Morgan fingerprint density at radius 2 is 1.61 bits per heavy atom. The quantitative estimate of drug-likeness (QED) is 0.354. The molecule has 1 heterocycles. The summed E-state index contributed by atoms with van der Waals surface area (Å²) in [7, 11) is -1.75. The van der Waals surface area contributed by atoms with Crippen molar-refractivity contribution in [3.8, 4) is 5.75 Å². The van der Waals surface area contributed by atoms with E-state index in [4.69, 9.17) is 44.0 Å². The molecule has 2 aromatic rings. The van der Waals surface area contributed by atoms with E-state index in [9.17, 15) is 0 Å². The molecule has 28 heavy (non-hydrogen) atoms. The Hall–Kier alpha value is -0.593. The second-order valence-corrected chi connectivity index (χ2v) is 14.9. The van der Waals surface area contributed by atoms with Crippen LogP contribution in [0.4, 0.5) is 0 Å². The second-order valence-electron chi connectivity index (χ2n) is 8.97. The minimum Gasteiger partial charge on any atom is -0.487 e. The molecule has 1 aliphatic rings. The first-order chi connectivity index (χ1) is 13.0. The Labute approximate surface area is 183 Å². The Balaban J connectivity index is 1.71. The van der Waals surface area contributed by atoms with Gasteiger partial charge in [-0.2, -0.15) is 0 Å². The molecule has 0 saturated heterocycles. The van der Waals surface area contributed by atoms with Gasteiger partial charge in [0.05, 0.1) is 16.1 Å². The molecule has 0 radical (unpaired) electrons. The molecule has 0 unspecified atom stereocenters. The maximum absolute atomic E-state index is 6.57. The Morgan fingerprint density at radius 3 is 2.21 bits per heavy atom. The van der Waals surface area contributed by atoms with Crippen LogP contribution >= 0.6 is 34.8 Å². The Kier molecular flexibility index (Phi) is 6.53. The van der Waals surface area contributed by atoms with Crippen molar-refractivity contribution in [2.45, 2.75) is 76.8 Å². The standard InChI is InChI=1S/C20H27Cl3N2O2Si/c1-20(2,3)28(4,5)27-13-8-6-12(7-9-13)26-18-16(22)10-15(21)14-11-24-19(23)25-17(14)18/h10-13H,6-9H2,1-5H3/t12-,13+. The van der Waals surface area contributed by atoms with E-state index < -0.39 is 8.32 Å². The van der Waals surface area contributed by atoms with Crippen LogP contribution in [0.5, 0.6) is 5.75 Å². The maximum Gasteiger partial charge on any atom is 0.223 e. The first-order valence-corrected chi connectivity index (χ1v) is 13.7. The highest BCUT2D eigenvalue weighted by atomic mass is 35.5. The first-order valence-electron chi connectivity index (χ1n) is 9.62. The van der Waals surface area contributed by atoms with Crippen molar-refractivity contribution in [3.05, 3.63) is 27.6 Å². The van der Waals surface area contributed by atoms with Crippen molar-refractivity contribution in [3.63, 3.8) is 0 Å². The van der Waals surface area contributed by atoms with E-state index in [1.165, 1.54) is 0 Å². The van der Waals surface area contributed by atoms with Crippen molar-refractivity contribution in [1.29, 1.82) is 0 Å². The number of hydrogen-bond acceptors (Lipinski definition) is 4. The molecule has 0 N–H and O–H groups in total. The van der Waals surface area contributed by atoms with Crippen LogP contribution in [0.1, 0.15) is 46.5 Å². The molecule has 8 heteroatoms. The Morgan fingerprint density at radius 1 is 1.00 bits per heavy atom. The van der Waals surface area contributed by atoms with E-state index in [0.29, 0.717) is 32.8 Å². The normalized spacial score (nSPS) is 21.1. The highest BCUT2D eigenvalue weighted by Crippen LogP contribution is 2.41. The second kappa shape index (κ2) is 8.27. The van der Waals surface area contributed by atoms with Crippen LogP contribution in [0.2, 0.25) is 33.5 Å². The van der Waals surface area contributed by atoms with Crippen LogP contribution in [0.15, 0.2) is 12.3 Å². The van der Waals surface area contributed by atoms with Crippen LogP contribution in [0, 0.1) is 0 Å². The molecular weight excluding hydrogens is 435 g/mol. The summed E-state index contributed by atoms with van der Waals surface area (Å²) in [6.45, 7) is 11.4. The molecule has 0 bridgehead atoms. The van der Waals surface area contributed by atoms with Gasteiger partial charge in [-0.05, 0) is 61.5 Å². The van der Waals surface area contributed by atoms with E-state index in [1.54, 1.807) is 12.3 Å². The highest BCUT2D eigenvalue weighted by molar-refractivity contribution is 6.74. The molecule has 1 saturated carbocycles. The van der Waals surface area contributed by atoms with E-state index in [2.05, 4.69) is 43.8 Å². The van der Waals surface area contributed by atoms with Gasteiger partial charge in [0, 0.05) is 17.7 Å². The molecule has 1 aromatic carbocycles. The summed E-state index contributed by atoms with van der Waals surface area (Å²) < 4.78 is 12.8. The number of rotatable bonds is 4. The summed E-state index contributed by atoms with van der Waals surface area (Å²) >= 11 is 18.7. The lowest BCUT2D eigenvalue weighted by Crippen LogP contribution is -2.45. The number of fused-ring (bicyclic) bond motifs is 1. The van der Waals surface area contributed by atoms with E-state index in [-0.39, 0.29) is 16.4 Å². The molecule has 0 aliphatic heterocycles. The largest absolute Gasteiger partial charge is 0.487 e.